The summed E-state index contributed by atoms with van der Waals surface area (Å²) in [6.45, 7) is 0. The molecule has 4 heteroatoms. The van der Waals surface area contributed by atoms with Crippen LogP contribution in [0, 0.1) is 0 Å². The second kappa shape index (κ2) is 2.09. The van der Waals surface area contributed by atoms with E-state index < -0.39 is 12.6 Å². The first-order valence-corrected chi connectivity index (χ1v) is 1.37. The Labute approximate surface area is 34.3 Å². The molecule has 0 aliphatic rings. The predicted molar refractivity (Wildman–Crippen MR) is 16.5 cm³/mol. The molecule has 0 aromatic rings. The van der Waals surface area contributed by atoms with Gasteiger partial charge in [0.05, 0.1) is 0 Å². The molecule has 0 rings (SSSR count). The van der Waals surface area contributed by atoms with Crippen LogP contribution in [0.25, 0.3) is 0 Å². The molecule has 0 saturated heterocycles. The number of aliphatic hydroxyl groups is 4. The predicted octanol–water partition coefficient (Wildman–Crippen LogP) is -2.39. The van der Waals surface area contributed by atoms with Crippen molar-refractivity contribution in [1.82, 2.24) is 0 Å². The second-order valence-corrected chi connectivity index (χ2v) is 0.827. The van der Waals surface area contributed by atoms with E-state index in [0.717, 1.165) is 0 Å². The summed E-state index contributed by atoms with van der Waals surface area (Å²) in [7, 11) is 0. The first-order valence-electron chi connectivity index (χ1n) is 1.37. The van der Waals surface area contributed by atoms with Gasteiger partial charge in [-0.05, 0) is 0 Å². The molecule has 0 saturated carbocycles. The minimum absolute atomic E-state index is 2.04. The Bertz CT molecular complexity index is 26.5. The van der Waals surface area contributed by atoms with Gasteiger partial charge in [0.15, 0.2) is 0 Å². The Morgan fingerprint density at radius 3 is 0.833 bits per heavy atom. The topological polar surface area (TPSA) is 80.9 Å². The van der Waals surface area contributed by atoms with Gasteiger partial charge in [-0.25, -0.2) is 0 Å². The van der Waals surface area contributed by atoms with Crippen molar-refractivity contribution in [2.24, 2.45) is 0 Å². The second-order valence-electron chi connectivity index (χ2n) is 0.827. The molecule has 0 aliphatic carbocycles. The first-order chi connectivity index (χ1) is 2.64. The molecule has 4 N–H and O–H groups in total. The maximum atomic E-state index is 7.69. The van der Waals surface area contributed by atoms with Gasteiger partial charge in [-0.3, -0.25) is 0 Å². The van der Waals surface area contributed by atoms with Crippen molar-refractivity contribution in [2.75, 3.05) is 0 Å². The van der Waals surface area contributed by atoms with Crippen LogP contribution in [-0.2, 0) is 0 Å². The molecule has 0 unspecified atom stereocenters. The molecule has 0 aromatic heterocycles. The molecule has 0 spiro atoms. The molecule has 4 nitrogen and oxygen atoms in total. The van der Waals surface area contributed by atoms with E-state index in [2.05, 4.69) is 0 Å². The van der Waals surface area contributed by atoms with E-state index >= 15 is 0 Å². The number of hydrogen-bond donors (Lipinski definition) is 4. The van der Waals surface area contributed by atoms with E-state index in [1.54, 1.807) is 0 Å². The maximum absolute atomic E-state index is 7.69. The van der Waals surface area contributed by atoms with Gasteiger partial charge in [-0.15, -0.1) is 0 Å². The minimum Gasteiger partial charge on any atom is -0.364 e. The lowest BCUT2D eigenvalue weighted by atomic mass is 10.6. The van der Waals surface area contributed by atoms with Crippen molar-refractivity contribution in [1.29, 1.82) is 0 Å². The first kappa shape index (κ1) is 5.84. The van der Waals surface area contributed by atoms with Crippen LogP contribution in [0.5, 0.6) is 0 Å². The molecule has 6 heavy (non-hydrogen) atoms. The van der Waals surface area contributed by atoms with Gasteiger partial charge in [0, 0.05) is 0 Å². The summed E-state index contributed by atoms with van der Waals surface area (Å²) in [4.78, 5) is 0. The molecular weight excluding hydrogens is 88.0 g/mol. The van der Waals surface area contributed by atoms with Crippen LogP contribution in [0.4, 0.5) is 0 Å². The van der Waals surface area contributed by atoms with Crippen molar-refractivity contribution < 1.29 is 20.4 Å². The summed E-state index contributed by atoms with van der Waals surface area (Å²) in [5, 5.41) is 30.7. The molecule has 0 heterocycles. The zero-order chi connectivity index (χ0) is 5.15. The lowest BCUT2D eigenvalue weighted by Crippen LogP contribution is -2.23. The quantitative estimate of drug-likeness (QED) is 0.273. The Morgan fingerprint density at radius 1 is 0.667 bits per heavy atom. The number of aliphatic hydroxyl groups excluding tert-OH is 2. The van der Waals surface area contributed by atoms with Gasteiger partial charge in [0.2, 0.25) is 12.6 Å². The fourth-order valence-corrected chi connectivity index (χ4v) is 0. The van der Waals surface area contributed by atoms with Crippen molar-refractivity contribution in [2.45, 2.75) is 12.6 Å². The van der Waals surface area contributed by atoms with E-state index in [0.29, 0.717) is 0 Å². The minimum atomic E-state index is -2.04. The highest BCUT2D eigenvalue weighted by molar-refractivity contribution is 4.31. The van der Waals surface area contributed by atoms with Gasteiger partial charge >= 0.3 is 0 Å². The Kier molecular flexibility index (Phi) is 2.04. The summed E-state index contributed by atoms with van der Waals surface area (Å²) in [5.41, 5.74) is 0. The van der Waals surface area contributed by atoms with Crippen LogP contribution >= 0.6 is 0 Å². The Morgan fingerprint density at radius 2 is 0.833 bits per heavy atom. The van der Waals surface area contributed by atoms with E-state index in [1.165, 1.54) is 0 Å². The fourth-order valence-electron chi connectivity index (χ4n) is 0. The largest absolute Gasteiger partial charge is 0.364 e. The van der Waals surface area contributed by atoms with E-state index in [-0.39, 0.29) is 0 Å². The lowest BCUT2D eigenvalue weighted by Gasteiger charge is -2.01. The Balaban J connectivity index is 2.99. The average molecular weight is 94.1 g/mol. The Hall–Kier alpha value is -0.160. The zero-order valence-corrected chi connectivity index (χ0v) is 2.94. The van der Waals surface area contributed by atoms with Crippen molar-refractivity contribution in [3.05, 3.63) is 0 Å². The molecule has 0 aromatic carbocycles. The van der Waals surface area contributed by atoms with E-state index in [9.17, 15) is 0 Å². The third kappa shape index (κ3) is 2.10. The SMILES string of the molecule is OC(O)C(O)O. The summed E-state index contributed by atoms with van der Waals surface area (Å²) < 4.78 is 0. The molecular formula is C2H6O4. The third-order valence-corrected chi connectivity index (χ3v) is 0.267. The smallest absolute Gasteiger partial charge is 0.204 e. The molecule has 0 bridgehead atoms. The molecule has 38 valence electrons. The lowest BCUT2D eigenvalue weighted by molar-refractivity contribution is -0.207. The normalized spacial score (nSPS) is 11.0. The maximum Gasteiger partial charge on any atom is 0.204 e. The van der Waals surface area contributed by atoms with Crippen LogP contribution < -0.4 is 0 Å². The molecule has 0 fully saturated rings. The van der Waals surface area contributed by atoms with Crippen LogP contribution in [0.1, 0.15) is 0 Å². The summed E-state index contributed by atoms with van der Waals surface area (Å²) >= 11 is 0. The zero-order valence-electron chi connectivity index (χ0n) is 2.94. The van der Waals surface area contributed by atoms with Crippen LogP contribution in [0.3, 0.4) is 0 Å². The molecule has 0 atom stereocenters. The molecule has 0 amide bonds. The van der Waals surface area contributed by atoms with Crippen molar-refractivity contribution in [3.8, 4) is 0 Å². The van der Waals surface area contributed by atoms with Gasteiger partial charge < -0.3 is 20.4 Å². The monoisotopic (exact) mass is 94.0 g/mol. The van der Waals surface area contributed by atoms with Gasteiger partial charge in [0.1, 0.15) is 0 Å². The summed E-state index contributed by atoms with van der Waals surface area (Å²) in [5.74, 6) is 0. The third-order valence-electron chi connectivity index (χ3n) is 0.267. The van der Waals surface area contributed by atoms with Crippen molar-refractivity contribution >= 4 is 0 Å². The van der Waals surface area contributed by atoms with Crippen molar-refractivity contribution in [3.63, 3.8) is 0 Å². The van der Waals surface area contributed by atoms with Crippen LogP contribution in [0.2, 0.25) is 0 Å². The fraction of sp³-hybridized carbons (Fsp3) is 1.00. The number of hydrogen-bond acceptors (Lipinski definition) is 4. The summed E-state index contributed by atoms with van der Waals surface area (Å²) in [6.07, 6.45) is -4.07. The average Bonchev–Trinajstić information content (AvgIpc) is 1.36. The summed E-state index contributed by atoms with van der Waals surface area (Å²) in [6, 6.07) is 0. The number of rotatable bonds is 1. The van der Waals surface area contributed by atoms with Crippen LogP contribution in [-0.4, -0.2) is 33.0 Å². The highest BCUT2D eigenvalue weighted by Crippen LogP contribution is 1.77. The van der Waals surface area contributed by atoms with Gasteiger partial charge in [0.25, 0.3) is 0 Å². The highest BCUT2D eigenvalue weighted by atomic mass is 16.6. The van der Waals surface area contributed by atoms with Crippen LogP contribution in [0.15, 0.2) is 0 Å². The van der Waals surface area contributed by atoms with Gasteiger partial charge in [-0.1, -0.05) is 0 Å². The van der Waals surface area contributed by atoms with Gasteiger partial charge in [-0.2, -0.15) is 0 Å². The van der Waals surface area contributed by atoms with E-state index in [1.807, 2.05) is 0 Å². The highest BCUT2D eigenvalue weighted by Gasteiger charge is 2.04. The standard InChI is InChI=1S/C2H6O4/c3-1(4)2(5)6/h1-6H. The van der Waals surface area contributed by atoms with E-state index in [4.69, 9.17) is 20.4 Å². The molecule has 0 radical (unpaired) electrons. The molecule has 0 aliphatic heterocycles.